The van der Waals surface area contributed by atoms with E-state index < -0.39 is 41.4 Å². The molecule has 2 aromatic rings. The molecule has 0 radical (unpaired) electrons. The summed E-state index contributed by atoms with van der Waals surface area (Å²) in [5.41, 5.74) is 4.00. The zero-order valence-electron chi connectivity index (χ0n) is 19.7. The SMILES string of the molecule is NC(=O)CN1CCC(CNc2ncnc(N3CCOCC3c3ccc(C(F)(F)F)cc3F)c2F)C(O)C1. The van der Waals surface area contributed by atoms with Gasteiger partial charge in [-0.2, -0.15) is 17.6 Å². The van der Waals surface area contributed by atoms with Crippen molar-refractivity contribution in [2.24, 2.45) is 11.7 Å². The molecule has 0 saturated carbocycles. The topological polar surface area (TPSA) is 117 Å². The number of β-amino-alcohol motifs (C(OH)–C–C–N with tert-alkyl or cyclic N) is 1. The van der Waals surface area contributed by atoms with E-state index in [4.69, 9.17) is 10.5 Å². The molecule has 1 aromatic carbocycles. The average molecular weight is 530 g/mol. The Hall–Kier alpha value is -3.10. The predicted octanol–water partition coefficient (Wildman–Crippen LogP) is 1.93. The van der Waals surface area contributed by atoms with Crippen molar-refractivity contribution in [2.75, 3.05) is 56.2 Å². The molecular weight excluding hydrogens is 503 g/mol. The number of aliphatic hydroxyl groups excluding tert-OH is 1. The van der Waals surface area contributed by atoms with Gasteiger partial charge < -0.3 is 25.8 Å². The van der Waals surface area contributed by atoms with Gasteiger partial charge in [0.2, 0.25) is 11.7 Å². The van der Waals surface area contributed by atoms with E-state index in [1.807, 2.05) is 0 Å². The van der Waals surface area contributed by atoms with Gasteiger partial charge in [-0.3, -0.25) is 9.69 Å². The van der Waals surface area contributed by atoms with E-state index in [0.29, 0.717) is 19.0 Å². The standard InChI is InChI=1S/C23H27F5N6O3/c24-16-7-14(23(26,27)28)1-2-15(16)17-11-37-6-5-34(17)22-20(25)21(31-12-32-22)30-8-13-3-4-33(9-18(13)35)10-19(29)36/h1-2,7,12-13,17-18,35H,3-6,8-11H2,(H2,29,36)(H,30,31,32). The van der Waals surface area contributed by atoms with E-state index in [1.54, 1.807) is 4.90 Å². The highest BCUT2D eigenvalue weighted by molar-refractivity contribution is 5.75. The fourth-order valence-corrected chi connectivity index (χ4v) is 4.65. The number of ether oxygens (including phenoxy) is 1. The Morgan fingerprint density at radius 1 is 1.24 bits per heavy atom. The first kappa shape index (κ1) is 26.9. The zero-order valence-corrected chi connectivity index (χ0v) is 19.7. The van der Waals surface area contributed by atoms with Crippen LogP contribution in [0.15, 0.2) is 24.5 Å². The van der Waals surface area contributed by atoms with Crippen LogP contribution in [0.4, 0.5) is 33.6 Å². The van der Waals surface area contributed by atoms with Crippen molar-refractivity contribution in [3.05, 3.63) is 47.3 Å². The summed E-state index contributed by atoms with van der Waals surface area (Å²) in [6.07, 6.45) is -3.80. The largest absolute Gasteiger partial charge is 0.416 e. The van der Waals surface area contributed by atoms with E-state index in [1.165, 1.54) is 4.90 Å². The number of aliphatic hydroxyl groups is 1. The molecule has 0 spiro atoms. The van der Waals surface area contributed by atoms with Gasteiger partial charge >= 0.3 is 6.18 Å². The summed E-state index contributed by atoms with van der Waals surface area (Å²) in [4.78, 5) is 22.2. The van der Waals surface area contributed by atoms with Gasteiger partial charge in [-0.05, 0) is 25.1 Å². The maximum absolute atomic E-state index is 15.5. The number of nitrogens with one attached hydrogen (secondary N) is 1. The number of morpholine rings is 1. The Labute approximate surface area is 209 Å². The first-order valence-electron chi connectivity index (χ1n) is 11.7. The van der Waals surface area contributed by atoms with Crippen LogP contribution >= 0.6 is 0 Å². The van der Waals surface area contributed by atoms with Crippen LogP contribution in [-0.4, -0.2) is 77.9 Å². The Kier molecular flexibility index (Phi) is 8.09. The first-order valence-corrected chi connectivity index (χ1v) is 11.7. The predicted molar refractivity (Wildman–Crippen MR) is 123 cm³/mol. The van der Waals surface area contributed by atoms with E-state index in [2.05, 4.69) is 15.3 Å². The van der Waals surface area contributed by atoms with E-state index >= 15 is 4.39 Å². The molecule has 1 aromatic heterocycles. The lowest BCUT2D eigenvalue weighted by Gasteiger charge is -2.37. The monoisotopic (exact) mass is 530 g/mol. The number of nitrogens with two attached hydrogens (primary N) is 1. The number of anilines is 2. The van der Waals surface area contributed by atoms with Crippen molar-refractivity contribution in [3.8, 4) is 0 Å². The fourth-order valence-electron chi connectivity index (χ4n) is 4.65. The maximum Gasteiger partial charge on any atom is 0.416 e. The number of piperidine rings is 1. The summed E-state index contributed by atoms with van der Waals surface area (Å²) in [5.74, 6) is -2.91. The minimum atomic E-state index is -4.70. The smallest absolute Gasteiger partial charge is 0.391 e. The lowest BCUT2D eigenvalue weighted by atomic mass is 9.93. The molecule has 202 valence electrons. The minimum absolute atomic E-state index is 0.0430. The van der Waals surface area contributed by atoms with Crippen molar-refractivity contribution < 1.29 is 36.6 Å². The number of nitrogens with zero attached hydrogens (tertiary/aromatic N) is 4. The van der Waals surface area contributed by atoms with E-state index in [-0.39, 0.29) is 62.5 Å². The van der Waals surface area contributed by atoms with Crippen LogP contribution in [0.3, 0.4) is 0 Å². The molecule has 2 aliphatic rings. The summed E-state index contributed by atoms with van der Waals surface area (Å²) in [6, 6.07) is 1.29. The third-order valence-electron chi connectivity index (χ3n) is 6.58. The molecule has 0 bridgehead atoms. The number of aromatic nitrogens is 2. The zero-order chi connectivity index (χ0) is 26.7. The quantitative estimate of drug-likeness (QED) is 0.465. The molecule has 3 atom stereocenters. The Morgan fingerprint density at radius 2 is 2.03 bits per heavy atom. The number of benzene rings is 1. The number of rotatable bonds is 7. The number of hydrogen-bond donors (Lipinski definition) is 3. The van der Waals surface area contributed by atoms with Crippen LogP contribution in [0, 0.1) is 17.6 Å². The molecule has 3 heterocycles. The van der Waals surface area contributed by atoms with Crippen LogP contribution in [0.2, 0.25) is 0 Å². The number of carbonyl (C=O) groups is 1. The summed E-state index contributed by atoms with van der Waals surface area (Å²) in [6.45, 7) is 1.25. The normalized spacial score (nSPS) is 23.2. The lowest BCUT2D eigenvalue weighted by molar-refractivity contribution is -0.137. The summed E-state index contributed by atoms with van der Waals surface area (Å²) in [5, 5.41) is 13.3. The van der Waals surface area contributed by atoms with Gasteiger partial charge in [0, 0.05) is 31.1 Å². The summed E-state index contributed by atoms with van der Waals surface area (Å²) >= 11 is 0. The number of primary amides is 1. The molecule has 2 fully saturated rings. The number of likely N-dealkylation sites (tertiary alicyclic amines) is 1. The molecule has 9 nitrogen and oxygen atoms in total. The Bertz CT molecular complexity index is 1120. The van der Waals surface area contributed by atoms with Crippen LogP contribution in [0.25, 0.3) is 0 Å². The highest BCUT2D eigenvalue weighted by Gasteiger charge is 2.35. The Balaban J connectivity index is 1.49. The number of halogens is 5. The van der Waals surface area contributed by atoms with Gasteiger partial charge in [-0.15, -0.1) is 0 Å². The second-order valence-corrected chi connectivity index (χ2v) is 9.08. The van der Waals surface area contributed by atoms with Gasteiger partial charge in [0.25, 0.3) is 0 Å². The molecule has 3 unspecified atom stereocenters. The maximum atomic E-state index is 15.5. The van der Waals surface area contributed by atoms with Crippen molar-refractivity contribution in [1.29, 1.82) is 0 Å². The second kappa shape index (κ2) is 11.1. The second-order valence-electron chi connectivity index (χ2n) is 9.08. The van der Waals surface area contributed by atoms with Gasteiger partial charge in [0.1, 0.15) is 12.1 Å². The van der Waals surface area contributed by atoms with Crippen molar-refractivity contribution in [3.63, 3.8) is 0 Å². The highest BCUT2D eigenvalue weighted by atomic mass is 19.4. The first-order chi connectivity index (χ1) is 17.5. The molecule has 2 saturated heterocycles. The molecule has 14 heteroatoms. The number of amides is 1. The summed E-state index contributed by atoms with van der Waals surface area (Å²) in [7, 11) is 0. The van der Waals surface area contributed by atoms with Gasteiger partial charge in [-0.25, -0.2) is 14.4 Å². The Morgan fingerprint density at radius 3 is 2.70 bits per heavy atom. The van der Waals surface area contributed by atoms with Crippen LogP contribution in [0.1, 0.15) is 23.6 Å². The molecule has 4 rings (SSSR count). The third-order valence-corrected chi connectivity index (χ3v) is 6.58. The molecule has 2 aliphatic heterocycles. The average Bonchev–Trinajstić information content (AvgIpc) is 2.83. The van der Waals surface area contributed by atoms with Crippen LogP contribution in [0.5, 0.6) is 0 Å². The van der Waals surface area contributed by atoms with Crippen molar-refractivity contribution in [1.82, 2.24) is 14.9 Å². The number of alkyl halides is 3. The molecule has 0 aliphatic carbocycles. The van der Waals surface area contributed by atoms with Gasteiger partial charge in [0.15, 0.2) is 11.6 Å². The minimum Gasteiger partial charge on any atom is -0.391 e. The number of carbonyl (C=O) groups excluding carboxylic acids is 1. The molecule has 37 heavy (non-hydrogen) atoms. The fraction of sp³-hybridized carbons (Fsp3) is 0.522. The number of hydrogen-bond acceptors (Lipinski definition) is 8. The van der Waals surface area contributed by atoms with Crippen LogP contribution in [-0.2, 0) is 15.7 Å². The van der Waals surface area contributed by atoms with E-state index in [0.717, 1.165) is 18.5 Å². The summed E-state index contributed by atoms with van der Waals surface area (Å²) < 4.78 is 74.5. The molecule has 4 N–H and O–H groups in total. The lowest BCUT2D eigenvalue weighted by Crippen LogP contribution is -2.48. The third kappa shape index (κ3) is 6.25. The van der Waals surface area contributed by atoms with Crippen molar-refractivity contribution in [2.45, 2.75) is 24.7 Å². The van der Waals surface area contributed by atoms with Gasteiger partial charge in [-0.1, -0.05) is 6.07 Å². The van der Waals surface area contributed by atoms with Gasteiger partial charge in [0.05, 0.1) is 37.5 Å². The molecular formula is C23H27F5N6O3. The molecule has 1 amide bonds. The van der Waals surface area contributed by atoms with E-state index in [9.17, 15) is 27.5 Å². The van der Waals surface area contributed by atoms with Crippen molar-refractivity contribution >= 4 is 17.5 Å². The highest BCUT2D eigenvalue weighted by Crippen LogP contribution is 2.36. The van der Waals surface area contributed by atoms with Crippen LogP contribution < -0.4 is 16.0 Å².